The lowest BCUT2D eigenvalue weighted by molar-refractivity contribution is 0.323. The third-order valence-corrected chi connectivity index (χ3v) is 2.40. The van der Waals surface area contributed by atoms with E-state index in [2.05, 4.69) is 30.4 Å². The molecule has 70 valence electrons. The van der Waals surface area contributed by atoms with E-state index in [0.29, 0.717) is 0 Å². The van der Waals surface area contributed by atoms with Crippen LogP contribution in [0.2, 0.25) is 0 Å². The summed E-state index contributed by atoms with van der Waals surface area (Å²) in [6.45, 7) is 4.82. The lowest BCUT2D eigenvalue weighted by Crippen LogP contribution is -2.16. The topological polar surface area (TPSA) is 21.3 Å². The highest BCUT2D eigenvalue weighted by Gasteiger charge is 2.10. The molecule has 1 N–H and O–H groups in total. The van der Waals surface area contributed by atoms with E-state index < -0.39 is 0 Å². The van der Waals surface area contributed by atoms with Crippen molar-refractivity contribution in [2.24, 2.45) is 0 Å². The molecule has 0 saturated carbocycles. The maximum atomic E-state index is 5.71. The van der Waals surface area contributed by atoms with Crippen LogP contribution in [-0.2, 0) is 13.0 Å². The van der Waals surface area contributed by atoms with Crippen LogP contribution in [0.3, 0.4) is 0 Å². The van der Waals surface area contributed by atoms with Crippen LogP contribution >= 0.6 is 0 Å². The summed E-state index contributed by atoms with van der Waals surface area (Å²) in [6, 6.07) is 6.38. The van der Waals surface area contributed by atoms with E-state index in [4.69, 9.17) is 4.74 Å². The van der Waals surface area contributed by atoms with Gasteiger partial charge in [-0.15, -0.1) is 0 Å². The zero-order valence-corrected chi connectivity index (χ0v) is 7.97. The van der Waals surface area contributed by atoms with Crippen molar-refractivity contribution >= 4 is 0 Å². The van der Waals surface area contributed by atoms with Crippen molar-refractivity contribution in [2.45, 2.75) is 19.9 Å². The van der Waals surface area contributed by atoms with E-state index in [0.717, 1.165) is 31.9 Å². The summed E-state index contributed by atoms with van der Waals surface area (Å²) < 4.78 is 5.71. The van der Waals surface area contributed by atoms with Gasteiger partial charge < -0.3 is 10.1 Å². The fraction of sp³-hybridized carbons (Fsp3) is 0.455. The molecule has 2 rings (SSSR count). The Balaban J connectivity index is 2.40. The lowest BCUT2D eigenvalue weighted by atomic mass is 10.1. The van der Waals surface area contributed by atoms with E-state index >= 15 is 0 Å². The Morgan fingerprint density at radius 1 is 1.46 bits per heavy atom. The minimum atomic E-state index is 0.782. The number of rotatable bonds is 1. The van der Waals surface area contributed by atoms with E-state index in [1.54, 1.807) is 0 Å². The second-order valence-corrected chi connectivity index (χ2v) is 3.28. The van der Waals surface area contributed by atoms with Crippen LogP contribution in [0.5, 0.6) is 5.75 Å². The fourth-order valence-electron chi connectivity index (χ4n) is 1.69. The minimum absolute atomic E-state index is 0.782. The molecule has 0 bridgehead atoms. The Labute approximate surface area is 78.9 Å². The molecule has 0 atom stereocenters. The normalized spacial score (nSPS) is 15.8. The summed E-state index contributed by atoms with van der Waals surface area (Å²) in [4.78, 5) is 0. The number of hydrogen-bond donors (Lipinski definition) is 1. The van der Waals surface area contributed by atoms with Gasteiger partial charge in [-0.1, -0.05) is 25.1 Å². The number of ether oxygens (including phenoxy) is 1. The van der Waals surface area contributed by atoms with Crippen LogP contribution in [0.25, 0.3) is 0 Å². The maximum Gasteiger partial charge on any atom is 0.127 e. The van der Waals surface area contributed by atoms with Crippen molar-refractivity contribution in [3.63, 3.8) is 0 Å². The van der Waals surface area contributed by atoms with Crippen LogP contribution in [0, 0.1) is 0 Å². The van der Waals surface area contributed by atoms with E-state index in [1.165, 1.54) is 11.1 Å². The quantitative estimate of drug-likeness (QED) is 0.705. The van der Waals surface area contributed by atoms with Crippen LogP contribution in [0.1, 0.15) is 18.1 Å². The number of para-hydroxylation sites is 1. The lowest BCUT2D eigenvalue weighted by Gasteiger charge is -2.10. The molecule has 1 aliphatic heterocycles. The van der Waals surface area contributed by atoms with Gasteiger partial charge in [0.2, 0.25) is 0 Å². The molecule has 2 nitrogen and oxygen atoms in total. The molecular weight excluding hydrogens is 162 g/mol. The van der Waals surface area contributed by atoms with Crippen molar-refractivity contribution < 1.29 is 4.74 Å². The summed E-state index contributed by atoms with van der Waals surface area (Å²) in [6.07, 6.45) is 1.04. The molecule has 0 amide bonds. The summed E-state index contributed by atoms with van der Waals surface area (Å²) in [5, 5.41) is 3.33. The largest absolute Gasteiger partial charge is 0.492 e. The van der Waals surface area contributed by atoms with Crippen LogP contribution in [-0.4, -0.2) is 13.2 Å². The first-order valence-electron chi connectivity index (χ1n) is 4.86. The molecule has 1 heterocycles. The van der Waals surface area contributed by atoms with E-state index in [9.17, 15) is 0 Å². The molecule has 0 saturated heterocycles. The van der Waals surface area contributed by atoms with Crippen molar-refractivity contribution in [3.05, 3.63) is 29.3 Å². The second-order valence-electron chi connectivity index (χ2n) is 3.28. The highest BCUT2D eigenvalue weighted by atomic mass is 16.5. The van der Waals surface area contributed by atoms with Gasteiger partial charge in [0.05, 0.1) is 0 Å². The monoisotopic (exact) mass is 177 g/mol. The van der Waals surface area contributed by atoms with Gasteiger partial charge in [0.25, 0.3) is 0 Å². The van der Waals surface area contributed by atoms with Crippen LogP contribution in [0.15, 0.2) is 18.2 Å². The third-order valence-electron chi connectivity index (χ3n) is 2.40. The minimum Gasteiger partial charge on any atom is -0.492 e. The first-order valence-corrected chi connectivity index (χ1v) is 4.86. The number of fused-ring (bicyclic) bond motifs is 1. The summed E-state index contributed by atoms with van der Waals surface area (Å²) in [5.41, 5.74) is 2.61. The molecule has 1 aromatic carbocycles. The van der Waals surface area contributed by atoms with Crippen molar-refractivity contribution in [1.82, 2.24) is 5.32 Å². The maximum absolute atomic E-state index is 5.71. The molecule has 0 radical (unpaired) electrons. The molecule has 0 fully saturated rings. The van der Waals surface area contributed by atoms with Gasteiger partial charge in [-0.3, -0.25) is 0 Å². The van der Waals surface area contributed by atoms with Gasteiger partial charge in [-0.05, 0) is 12.0 Å². The predicted octanol–water partition coefficient (Wildman–Crippen LogP) is 1.73. The number of hydrogen-bond acceptors (Lipinski definition) is 2. The fourth-order valence-corrected chi connectivity index (χ4v) is 1.69. The van der Waals surface area contributed by atoms with Gasteiger partial charge in [-0.2, -0.15) is 0 Å². The molecule has 0 unspecified atom stereocenters. The van der Waals surface area contributed by atoms with Gasteiger partial charge in [0.15, 0.2) is 0 Å². The molecule has 2 heteroatoms. The first-order chi connectivity index (χ1) is 6.42. The Morgan fingerprint density at radius 2 is 2.38 bits per heavy atom. The Morgan fingerprint density at radius 3 is 3.23 bits per heavy atom. The summed E-state index contributed by atoms with van der Waals surface area (Å²) in [7, 11) is 0. The molecule has 0 spiro atoms. The molecule has 0 aliphatic carbocycles. The second kappa shape index (κ2) is 3.79. The molecule has 13 heavy (non-hydrogen) atoms. The highest BCUT2D eigenvalue weighted by Crippen LogP contribution is 2.25. The molecule has 0 aromatic heterocycles. The zero-order chi connectivity index (χ0) is 9.10. The van der Waals surface area contributed by atoms with Crippen LogP contribution < -0.4 is 10.1 Å². The molecule has 1 aromatic rings. The Bertz CT molecular complexity index is 296. The van der Waals surface area contributed by atoms with Crippen LogP contribution in [0.4, 0.5) is 0 Å². The number of nitrogens with one attached hydrogen (secondary N) is 1. The number of benzene rings is 1. The molecule has 1 aliphatic rings. The Kier molecular flexibility index (Phi) is 2.50. The third kappa shape index (κ3) is 1.68. The summed E-state index contributed by atoms with van der Waals surface area (Å²) >= 11 is 0. The summed E-state index contributed by atoms with van der Waals surface area (Å²) in [5.74, 6) is 1.11. The Hall–Kier alpha value is -1.02. The van der Waals surface area contributed by atoms with E-state index in [-0.39, 0.29) is 0 Å². The average Bonchev–Trinajstić information content (AvgIpc) is 2.41. The highest BCUT2D eigenvalue weighted by molar-refractivity contribution is 5.42. The smallest absolute Gasteiger partial charge is 0.127 e. The standard InChI is InChI=1S/C11H15NO/c1-2-9-4-3-5-10-8-12-6-7-13-11(9)10/h3-5,12H,2,6-8H2,1H3. The average molecular weight is 177 g/mol. The SMILES string of the molecule is CCc1cccc2c1OCCNC2. The number of aryl methyl sites for hydroxylation is 1. The first kappa shape index (κ1) is 8.57. The zero-order valence-electron chi connectivity index (χ0n) is 7.97. The van der Waals surface area contributed by atoms with Crippen molar-refractivity contribution in [1.29, 1.82) is 0 Å². The van der Waals surface area contributed by atoms with Gasteiger partial charge in [-0.25, -0.2) is 0 Å². The van der Waals surface area contributed by atoms with Gasteiger partial charge in [0, 0.05) is 18.7 Å². The van der Waals surface area contributed by atoms with Crippen molar-refractivity contribution in [2.75, 3.05) is 13.2 Å². The predicted molar refractivity (Wildman–Crippen MR) is 53.0 cm³/mol. The van der Waals surface area contributed by atoms with Gasteiger partial charge >= 0.3 is 0 Å². The molecular formula is C11H15NO. The van der Waals surface area contributed by atoms with Crippen molar-refractivity contribution in [3.8, 4) is 5.75 Å². The van der Waals surface area contributed by atoms with E-state index in [1.807, 2.05) is 0 Å². The van der Waals surface area contributed by atoms with Gasteiger partial charge in [0.1, 0.15) is 12.4 Å².